The first-order chi connectivity index (χ1) is 12.2. The molecule has 25 heavy (non-hydrogen) atoms. The van der Waals surface area contributed by atoms with Crippen molar-refractivity contribution in [1.29, 1.82) is 0 Å². The van der Waals surface area contributed by atoms with E-state index in [1.807, 2.05) is 25.1 Å². The summed E-state index contributed by atoms with van der Waals surface area (Å²) in [7, 11) is 0. The monoisotopic (exact) mass is 335 g/mol. The smallest absolute Gasteiger partial charge is 0.140 e. The lowest BCUT2D eigenvalue weighted by molar-refractivity contribution is 0.277. The molecule has 0 unspecified atom stereocenters. The normalized spacial score (nSPS) is 14.6. The Hall–Kier alpha value is -2.49. The lowest BCUT2D eigenvalue weighted by Crippen LogP contribution is -2.19. The molecule has 4 heteroatoms. The first kappa shape index (κ1) is 16.0. The van der Waals surface area contributed by atoms with Crippen molar-refractivity contribution in [3.63, 3.8) is 0 Å². The zero-order valence-corrected chi connectivity index (χ0v) is 14.7. The molecule has 0 saturated heterocycles. The van der Waals surface area contributed by atoms with Gasteiger partial charge < -0.3 is 15.0 Å². The minimum Gasteiger partial charge on any atom is -0.494 e. The lowest BCUT2D eigenvalue weighted by atomic mass is 9.85. The second-order valence-electron chi connectivity index (χ2n) is 6.98. The summed E-state index contributed by atoms with van der Waals surface area (Å²) in [6, 6.07) is 12.7. The molecule has 0 atom stereocenters. The Balaban J connectivity index is 1.65. The number of fused-ring (bicyclic) bond motifs is 1. The largest absolute Gasteiger partial charge is 0.494 e. The molecule has 1 aromatic carbocycles. The van der Waals surface area contributed by atoms with Crippen LogP contribution in [0.25, 0.3) is 11.0 Å². The fourth-order valence-electron chi connectivity index (χ4n) is 3.58. The average Bonchev–Trinajstić information content (AvgIpc) is 2.89. The van der Waals surface area contributed by atoms with Crippen LogP contribution < -0.4 is 10.5 Å². The highest BCUT2D eigenvalue weighted by atomic mass is 16.5. The van der Waals surface area contributed by atoms with Gasteiger partial charge in [0.25, 0.3) is 0 Å². The highest BCUT2D eigenvalue weighted by Gasteiger charge is 2.21. The first-order valence-corrected chi connectivity index (χ1v) is 9.18. The van der Waals surface area contributed by atoms with Gasteiger partial charge in [-0.25, -0.2) is 4.98 Å². The van der Waals surface area contributed by atoms with Crippen molar-refractivity contribution < 1.29 is 4.74 Å². The number of aromatic nitrogens is 2. The van der Waals surface area contributed by atoms with E-state index in [4.69, 9.17) is 10.5 Å². The van der Waals surface area contributed by atoms with Gasteiger partial charge in [0.15, 0.2) is 0 Å². The average molecular weight is 335 g/mol. The Bertz CT molecular complexity index is 863. The second-order valence-corrected chi connectivity index (χ2v) is 6.98. The SMILES string of the molecule is CCOc1ccc(Cc2cc3cc(N)cnc3n2CC2CCC2)cc1. The molecule has 0 spiro atoms. The van der Waals surface area contributed by atoms with Gasteiger partial charge in [0.05, 0.1) is 18.5 Å². The van der Waals surface area contributed by atoms with Gasteiger partial charge in [0.2, 0.25) is 0 Å². The number of benzene rings is 1. The minimum absolute atomic E-state index is 0.696. The van der Waals surface area contributed by atoms with E-state index in [0.29, 0.717) is 6.61 Å². The minimum atomic E-state index is 0.696. The topological polar surface area (TPSA) is 53.1 Å². The molecule has 0 bridgehead atoms. The van der Waals surface area contributed by atoms with Crippen LogP contribution in [0.5, 0.6) is 5.75 Å². The van der Waals surface area contributed by atoms with E-state index in [1.165, 1.54) is 30.5 Å². The third-order valence-corrected chi connectivity index (χ3v) is 5.13. The van der Waals surface area contributed by atoms with Crippen molar-refractivity contribution in [1.82, 2.24) is 9.55 Å². The van der Waals surface area contributed by atoms with E-state index >= 15 is 0 Å². The molecule has 1 aliphatic rings. The molecule has 1 fully saturated rings. The van der Waals surface area contributed by atoms with E-state index in [-0.39, 0.29) is 0 Å². The summed E-state index contributed by atoms with van der Waals surface area (Å²) in [5, 5.41) is 1.14. The summed E-state index contributed by atoms with van der Waals surface area (Å²) in [6.07, 6.45) is 6.68. The zero-order valence-electron chi connectivity index (χ0n) is 14.7. The van der Waals surface area contributed by atoms with E-state index in [2.05, 4.69) is 27.8 Å². The van der Waals surface area contributed by atoms with Gasteiger partial charge in [-0.1, -0.05) is 18.6 Å². The van der Waals surface area contributed by atoms with Gasteiger partial charge in [-0.05, 0) is 55.5 Å². The van der Waals surface area contributed by atoms with E-state index in [9.17, 15) is 0 Å². The molecule has 4 rings (SSSR count). The molecule has 1 saturated carbocycles. The number of nitrogen functional groups attached to an aromatic ring is 1. The summed E-state index contributed by atoms with van der Waals surface area (Å²) in [5.74, 6) is 1.71. The Morgan fingerprint density at radius 3 is 2.68 bits per heavy atom. The standard InChI is InChI=1S/C21H25N3O/c1-2-25-20-8-6-15(7-9-20)10-19-12-17-11-18(22)13-23-21(17)24(19)14-16-4-3-5-16/h6-9,11-13,16H,2-5,10,14,22H2,1H3. The van der Waals surface area contributed by atoms with Gasteiger partial charge in [0, 0.05) is 24.0 Å². The number of anilines is 1. The molecule has 4 nitrogen and oxygen atoms in total. The number of pyridine rings is 1. The van der Waals surface area contributed by atoms with Crippen LogP contribution in [0.1, 0.15) is 37.4 Å². The molecule has 0 radical (unpaired) electrons. The quantitative estimate of drug-likeness (QED) is 0.726. The first-order valence-electron chi connectivity index (χ1n) is 9.18. The number of rotatable bonds is 6. The van der Waals surface area contributed by atoms with Crippen molar-refractivity contribution in [3.05, 3.63) is 53.9 Å². The Labute approximate surface area is 148 Å². The lowest BCUT2D eigenvalue weighted by Gasteiger charge is -2.27. The molecule has 0 amide bonds. The van der Waals surface area contributed by atoms with Crippen LogP contribution >= 0.6 is 0 Å². The van der Waals surface area contributed by atoms with Gasteiger partial charge in [-0.3, -0.25) is 0 Å². The van der Waals surface area contributed by atoms with E-state index in [1.54, 1.807) is 6.20 Å². The Morgan fingerprint density at radius 1 is 1.20 bits per heavy atom. The fraction of sp³-hybridized carbons (Fsp3) is 0.381. The van der Waals surface area contributed by atoms with Crippen LogP contribution in [0.3, 0.4) is 0 Å². The predicted octanol–water partition coefficient (Wildman–Crippen LogP) is 4.41. The molecule has 2 heterocycles. The van der Waals surface area contributed by atoms with Crippen molar-refractivity contribution >= 4 is 16.7 Å². The summed E-state index contributed by atoms with van der Waals surface area (Å²) in [6.45, 7) is 3.76. The van der Waals surface area contributed by atoms with Crippen molar-refractivity contribution in [3.8, 4) is 5.75 Å². The van der Waals surface area contributed by atoms with Crippen molar-refractivity contribution in [2.24, 2.45) is 5.92 Å². The highest BCUT2D eigenvalue weighted by Crippen LogP contribution is 2.31. The van der Waals surface area contributed by atoms with Crippen LogP contribution in [-0.2, 0) is 13.0 Å². The third-order valence-electron chi connectivity index (χ3n) is 5.13. The number of nitrogens with two attached hydrogens (primary N) is 1. The van der Waals surface area contributed by atoms with Crippen molar-refractivity contribution in [2.75, 3.05) is 12.3 Å². The van der Waals surface area contributed by atoms with Crippen LogP contribution in [0, 0.1) is 5.92 Å². The Kier molecular flexibility index (Phi) is 4.35. The summed E-state index contributed by atoms with van der Waals surface area (Å²) in [4.78, 5) is 4.61. The van der Waals surface area contributed by atoms with Crippen LogP contribution in [0.4, 0.5) is 5.69 Å². The maximum Gasteiger partial charge on any atom is 0.140 e. The molecular weight excluding hydrogens is 310 g/mol. The molecule has 130 valence electrons. The van der Waals surface area contributed by atoms with Crippen LogP contribution in [0.15, 0.2) is 42.6 Å². The second kappa shape index (κ2) is 6.79. The van der Waals surface area contributed by atoms with Crippen molar-refractivity contribution in [2.45, 2.75) is 39.2 Å². The van der Waals surface area contributed by atoms with Gasteiger partial charge in [-0.2, -0.15) is 0 Å². The number of nitrogens with zero attached hydrogens (tertiary/aromatic N) is 2. The molecule has 2 aromatic heterocycles. The molecule has 3 aromatic rings. The van der Waals surface area contributed by atoms with Gasteiger partial charge >= 0.3 is 0 Å². The Morgan fingerprint density at radius 2 is 2.00 bits per heavy atom. The van der Waals surface area contributed by atoms with E-state index in [0.717, 1.165) is 41.4 Å². The third kappa shape index (κ3) is 3.34. The van der Waals surface area contributed by atoms with Gasteiger partial charge in [0.1, 0.15) is 11.4 Å². The maximum atomic E-state index is 5.93. The number of ether oxygens (including phenoxy) is 1. The molecule has 0 aliphatic heterocycles. The molecular formula is C21H25N3O. The summed E-state index contributed by atoms with van der Waals surface area (Å²) in [5.41, 5.74) is 10.3. The maximum absolute atomic E-state index is 5.93. The highest BCUT2D eigenvalue weighted by molar-refractivity contribution is 5.80. The number of hydrogen-bond donors (Lipinski definition) is 1. The predicted molar refractivity (Wildman–Crippen MR) is 102 cm³/mol. The summed E-state index contributed by atoms with van der Waals surface area (Å²) < 4.78 is 7.94. The molecule has 1 aliphatic carbocycles. The number of hydrogen-bond acceptors (Lipinski definition) is 3. The zero-order chi connectivity index (χ0) is 17.2. The van der Waals surface area contributed by atoms with Crippen LogP contribution in [-0.4, -0.2) is 16.2 Å². The summed E-state index contributed by atoms with van der Waals surface area (Å²) >= 11 is 0. The van der Waals surface area contributed by atoms with E-state index < -0.39 is 0 Å². The fourth-order valence-corrected chi connectivity index (χ4v) is 3.58. The van der Waals surface area contributed by atoms with Crippen LogP contribution in [0.2, 0.25) is 0 Å². The van der Waals surface area contributed by atoms with Gasteiger partial charge in [-0.15, -0.1) is 0 Å². The molecule has 2 N–H and O–H groups in total.